The summed E-state index contributed by atoms with van der Waals surface area (Å²) < 4.78 is 40.0. The van der Waals surface area contributed by atoms with Gasteiger partial charge in [0.15, 0.2) is 9.84 Å². The lowest BCUT2D eigenvalue weighted by atomic mass is 9.84. The van der Waals surface area contributed by atoms with E-state index >= 15 is 0 Å². The summed E-state index contributed by atoms with van der Waals surface area (Å²) in [5, 5.41) is 26.2. The Balaban J connectivity index is -0.0000000981. The molecule has 0 bridgehead atoms. The summed E-state index contributed by atoms with van der Waals surface area (Å²) in [6, 6.07) is 17.3. The minimum atomic E-state index is -2.84. The first-order chi connectivity index (χ1) is 39.0. The van der Waals surface area contributed by atoms with E-state index in [9.17, 15) is 32.3 Å². The van der Waals surface area contributed by atoms with Crippen LogP contribution in [0, 0.1) is 57.2 Å². The van der Waals surface area contributed by atoms with Gasteiger partial charge in [-0.05, 0) is 149 Å². The first-order valence-electron chi connectivity index (χ1n) is 32.2. The molecule has 2 rings (SSSR count). The smallest absolute Gasteiger partial charge is 0.152 e. The van der Waals surface area contributed by atoms with Gasteiger partial charge in [0.2, 0.25) is 0 Å². The SMILES string of the molecule is CC(=O)C(C)(C)C.CC(=O)C(C)(C)C.CC(=O)C(C)(C)C.CC(C)(C)CC(C)(C)O.CC(C)(C)CCO.CC(C)(C)CO.CC(C)(C)S(C)(=O)=O.CC(C)(C)c1ccccc1.CF.COCC(C)(C)C.COCCC(C)(C)C.Cc1ccc(C(C)(C)C)cc1C. The van der Waals surface area contributed by atoms with Crippen molar-refractivity contribution in [2.45, 2.75) is 317 Å². The number of aliphatic hydroxyl groups excluding tert-OH is 2. The fraction of sp³-hybridized carbons (Fsp3) is 0.808. The van der Waals surface area contributed by atoms with Crippen molar-refractivity contribution in [2.24, 2.45) is 43.3 Å². The minimum Gasteiger partial charge on any atom is -0.396 e. The number of sulfone groups is 1. The Kier molecular flexibility index (Phi) is 58.9. The van der Waals surface area contributed by atoms with Crippen LogP contribution in [0.15, 0.2) is 48.5 Å². The number of carbonyl (C=O) groups is 3. The molecule has 2 aromatic rings. The zero-order valence-electron chi connectivity index (χ0n) is 68.1. The molecule has 90 heavy (non-hydrogen) atoms. The molecule has 2 aromatic carbocycles. The van der Waals surface area contributed by atoms with Crippen molar-refractivity contribution in [1.82, 2.24) is 0 Å². The van der Waals surface area contributed by atoms with E-state index in [0.717, 1.165) is 32.5 Å². The van der Waals surface area contributed by atoms with E-state index in [0.29, 0.717) is 35.4 Å². The van der Waals surface area contributed by atoms with E-state index in [1.165, 1.54) is 28.5 Å². The molecule has 10 nitrogen and oxygen atoms in total. The summed E-state index contributed by atoms with van der Waals surface area (Å²) in [6.45, 7) is 82.6. The van der Waals surface area contributed by atoms with E-state index in [2.05, 4.69) is 187 Å². The summed E-state index contributed by atoms with van der Waals surface area (Å²) in [7, 11) is 1.13. The molecule has 0 aromatic heterocycles. The first kappa shape index (κ1) is 109. The molecule has 0 saturated heterocycles. The Morgan fingerprint density at radius 3 is 0.833 bits per heavy atom. The van der Waals surface area contributed by atoms with Gasteiger partial charge in [-0.15, -0.1) is 0 Å². The van der Waals surface area contributed by atoms with Crippen molar-refractivity contribution in [3.63, 3.8) is 0 Å². The van der Waals surface area contributed by atoms with Crippen LogP contribution < -0.4 is 0 Å². The number of aliphatic hydroxyl groups is 3. The molecule has 0 aliphatic heterocycles. The number of carbonyl (C=O) groups excluding carboxylic acids is 3. The molecule has 0 unspecified atom stereocenters. The number of aryl methyl sites for hydroxylation is 2. The molecule has 0 radical (unpaired) electrons. The van der Waals surface area contributed by atoms with Crippen LogP contribution in [0.25, 0.3) is 0 Å². The average Bonchev–Trinajstić information content (AvgIpc) is 3.28. The summed E-state index contributed by atoms with van der Waals surface area (Å²) in [4.78, 5) is 31.4. The van der Waals surface area contributed by atoms with Crippen LogP contribution in [-0.4, -0.2) is 106 Å². The third kappa shape index (κ3) is 96.2. The maximum atomic E-state index is 10.7. The van der Waals surface area contributed by atoms with Gasteiger partial charge in [0.05, 0.1) is 24.1 Å². The second-order valence-corrected chi connectivity index (χ2v) is 38.8. The molecule has 3 N–H and O–H groups in total. The fourth-order valence-corrected chi connectivity index (χ4v) is 4.62. The van der Waals surface area contributed by atoms with Crippen molar-refractivity contribution in [3.05, 3.63) is 70.8 Å². The third-order valence-electron chi connectivity index (χ3n) is 12.2. The highest BCUT2D eigenvalue weighted by Crippen LogP contribution is 2.27. The number of ether oxygens (including phenoxy) is 2. The van der Waals surface area contributed by atoms with Gasteiger partial charge in [-0.1, -0.05) is 256 Å². The molecule has 0 saturated carbocycles. The molecular formula is C78H157FO10S. The number of alkyl halides is 1. The maximum absolute atomic E-state index is 10.7. The number of rotatable bonds is 5. The number of Topliss-reactive ketones (excluding diaryl/α,β-unsaturated/α-hetero) is 3. The number of benzene rings is 2. The highest BCUT2D eigenvalue weighted by atomic mass is 32.2. The van der Waals surface area contributed by atoms with Crippen molar-refractivity contribution < 1.29 is 52.0 Å². The van der Waals surface area contributed by atoms with E-state index in [4.69, 9.17) is 19.7 Å². The highest BCUT2D eigenvalue weighted by Gasteiger charge is 2.24. The van der Waals surface area contributed by atoms with Gasteiger partial charge >= 0.3 is 0 Å². The molecule has 0 fully saturated rings. The van der Waals surface area contributed by atoms with Crippen molar-refractivity contribution >= 4 is 27.2 Å². The van der Waals surface area contributed by atoms with Crippen LogP contribution in [0.1, 0.15) is 305 Å². The second-order valence-electron chi connectivity index (χ2n) is 36.1. The molecule has 0 aliphatic carbocycles. The van der Waals surface area contributed by atoms with Crippen LogP contribution in [0.5, 0.6) is 0 Å². The Morgan fingerprint density at radius 1 is 0.444 bits per heavy atom. The van der Waals surface area contributed by atoms with Gasteiger partial charge in [0.1, 0.15) is 17.3 Å². The predicted octanol–water partition coefficient (Wildman–Crippen LogP) is 21.2. The lowest BCUT2D eigenvalue weighted by molar-refractivity contribution is -0.124. The van der Waals surface area contributed by atoms with Crippen molar-refractivity contribution in [1.29, 1.82) is 0 Å². The Morgan fingerprint density at radius 2 is 0.733 bits per heavy atom. The highest BCUT2D eigenvalue weighted by molar-refractivity contribution is 7.92. The number of hydrogen-bond donors (Lipinski definition) is 3. The Labute approximate surface area is 562 Å². The van der Waals surface area contributed by atoms with Crippen LogP contribution >= 0.6 is 0 Å². The average molecular weight is 1310 g/mol. The van der Waals surface area contributed by atoms with Crippen LogP contribution in [0.3, 0.4) is 0 Å². The van der Waals surface area contributed by atoms with Gasteiger partial charge in [-0.3, -0.25) is 18.8 Å². The Bertz CT molecular complexity index is 2080. The second kappa shape index (κ2) is 48.8. The van der Waals surface area contributed by atoms with Crippen molar-refractivity contribution in [3.8, 4) is 0 Å². The molecule has 0 aliphatic rings. The number of hydrogen-bond acceptors (Lipinski definition) is 10. The maximum Gasteiger partial charge on any atom is 0.152 e. The lowest BCUT2D eigenvalue weighted by Gasteiger charge is -2.27. The van der Waals surface area contributed by atoms with Gasteiger partial charge < -0.3 is 24.8 Å². The summed E-state index contributed by atoms with van der Waals surface area (Å²) >= 11 is 0. The monoisotopic (exact) mass is 1310 g/mol. The minimum absolute atomic E-state index is 0.0972. The van der Waals surface area contributed by atoms with Crippen LogP contribution in [0.2, 0.25) is 0 Å². The quantitative estimate of drug-likeness (QED) is 0.262. The topological polar surface area (TPSA) is 164 Å². The number of halogens is 1. The molecular weight excluding hydrogens is 1150 g/mol. The third-order valence-corrected chi connectivity index (χ3v) is 14.5. The molecule has 12 heteroatoms. The normalized spacial score (nSPS) is 12.0. The van der Waals surface area contributed by atoms with E-state index in [-0.39, 0.29) is 56.4 Å². The molecule has 0 spiro atoms. The van der Waals surface area contributed by atoms with Gasteiger partial charge in [-0.2, -0.15) is 0 Å². The molecule has 542 valence electrons. The van der Waals surface area contributed by atoms with Crippen LogP contribution in [-0.2, 0) is 44.5 Å². The molecule has 0 heterocycles. The standard InChI is InChI=1S/C12H18.C10H14.C8H18O.C7H16O.2C6H14O.3C6H12O.C5H12O2S.C5H12O.CH3F/c1-9-6-7-11(8-10(9)2)12(3,4)5;1-10(2,3)9-7-5-4-6-8-9;1-7(2,3)6-8(4,5)9;1-7(2,3)5-6-8-4;1-6(2,3)5-7-4;1-6(2,3)4-5-7;3*1-5(7)6(2,3)4;1-5(2,3)8(4,6)7;1-5(2,3)4-6;1-2/h6-8H,1-5H3;4-8H,1-3H3;9H,6H2,1-5H3;5-6H2,1-4H3;5H2,1-4H3;7H,4-5H2,1-3H3;3*1-4H3;1-4H3;6H,4H2,1-3H3;1H3. The van der Waals surface area contributed by atoms with Crippen LogP contribution in [0.4, 0.5) is 4.39 Å². The van der Waals surface area contributed by atoms with Gasteiger partial charge in [0.25, 0.3) is 0 Å². The predicted molar refractivity (Wildman–Crippen MR) is 397 cm³/mol. The van der Waals surface area contributed by atoms with Gasteiger partial charge in [0, 0.05) is 56.5 Å². The number of ketones is 3. The van der Waals surface area contributed by atoms with Crippen molar-refractivity contribution in [2.75, 3.05) is 54.1 Å². The molecule has 0 atom stereocenters. The zero-order valence-corrected chi connectivity index (χ0v) is 68.9. The largest absolute Gasteiger partial charge is 0.396 e. The lowest BCUT2D eigenvalue weighted by Crippen LogP contribution is -2.26. The van der Waals surface area contributed by atoms with E-state index < -0.39 is 20.2 Å². The summed E-state index contributed by atoms with van der Waals surface area (Å²) in [6.07, 6.45) is 4.13. The summed E-state index contributed by atoms with van der Waals surface area (Å²) in [5.41, 5.74) is 6.61. The molecule has 0 amide bonds. The summed E-state index contributed by atoms with van der Waals surface area (Å²) in [5.74, 6) is 0.729. The first-order valence-corrected chi connectivity index (χ1v) is 34.1. The van der Waals surface area contributed by atoms with E-state index in [1.807, 2.05) is 96.9 Å². The van der Waals surface area contributed by atoms with Gasteiger partial charge in [-0.25, -0.2) is 8.42 Å². The zero-order chi connectivity index (χ0) is 75.6. The Hall–Kier alpha value is -2.87. The fourth-order valence-electron chi connectivity index (χ4n) is 4.62. The number of methoxy groups -OCH3 is 2. The van der Waals surface area contributed by atoms with E-state index in [1.54, 1.807) is 55.8 Å².